The maximum atomic E-state index is 11.1. The second-order valence-electron chi connectivity index (χ2n) is 4.60. The molecule has 1 aliphatic heterocycles. The molecule has 0 bridgehead atoms. The van der Waals surface area contributed by atoms with Crippen LogP contribution in [0.4, 0.5) is 5.82 Å². The van der Waals surface area contributed by atoms with Gasteiger partial charge in [0.15, 0.2) is 0 Å². The fourth-order valence-corrected chi connectivity index (χ4v) is 3.29. The second-order valence-corrected chi connectivity index (χ2v) is 7.64. The van der Waals surface area contributed by atoms with Crippen molar-refractivity contribution in [2.75, 3.05) is 30.0 Å². The maximum Gasteiger partial charge on any atom is 0.147 e. The van der Waals surface area contributed by atoms with Gasteiger partial charge in [-0.05, 0) is 35.0 Å². The highest BCUT2D eigenvalue weighted by molar-refractivity contribution is 9.10. The maximum absolute atomic E-state index is 11.1. The number of nitrogens with zero attached hydrogens (tertiary/aromatic N) is 2. The van der Waals surface area contributed by atoms with Gasteiger partial charge in [-0.3, -0.25) is 0 Å². The van der Waals surface area contributed by atoms with E-state index in [4.69, 9.17) is 0 Å². The minimum absolute atomic E-state index is 0.246. The lowest BCUT2D eigenvalue weighted by molar-refractivity contribution is 0.441. The smallest absolute Gasteiger partial charge is 0.147 e. The molecular formula is C11H15BrN2O2S. The van der Waals surface area contributed by atoms with E-state index in [2.05, 4.69) is 25.8 Å². The van der Waals surface area contributed by atoms with Crippen LogP contribution in [0.3, 0.4) is 0 Å². The average molecular weight is 319 g/mol. The van der Waals surface area contributed by atoms with E-state index in [-0.39, 0.29) is 11.7 Å². The topological polar surface area (TPSA) is 50.3 Å². The zero-order chi connectivity index (χ0) is 12.6. The van der Waals surface area contributed by atoms with Gasteiger partial charge < -0.3 is 4.90 Å². The van der Waals surface area contributed by atoms with Crippen molar-refractivity contribution >= 4 is 31.6 Å². The molecule has 1 aromatic heterocycles. The van der Waals surface area contributed by atoms with Crippen LogP contribution < -0.4 is 4.90 Å². The van der Waals surface area contributed by atoms with Gasteiger partial charge >= 0.3 is 0 Å². The van der Waals surface area contributed by atoms with Crippen molar-refractivity contribution in [3.63, 3.8) is 0 Å². The number of anilines is 1. The van der Waals surface area contributed by atoms with E-state index >= 15 is 0 Å². The zero-order valence-electron chi connectivity index (χ0n) is 9.85. The lowest BCUT2D eigenvalue weighted by Crippen LogP contribution is -2.49. The summed E-state index contributed by atoms with van der Waals surface area (Å²) in [6.07, 6.45) is 1.29. The Bertz CT molecular complexity index is 524. The molecule has 2 rings (SSSR count). The number of aryl methyl sites for hydroxylation is 1. The van der Waals surface area contributed by atoms with Crippen molar-refractivity contribution in [2.45, 2.75) is 6.92 Å². The second kappa shape index (κ2) is 4.57. The third-order valence-electron chi connectivity index (χ3n) is 2.83. The number of pyridine rings is 1. The Balaban J connectivity index is 1.97. The summed E-state index contributed by atoms with van der Waals surface area (Å²) in [6.45, 7) is 3.50. The summed E-state index contributed by atoms with van der Waals surface area (Å²) in [6, 6.07) is 3.93. The fourth-order valence-electron chi connectivity index (χ4n) is 2.00. The van der Waals surface area contributed by atoms with Crippen LogP contribution in [0.5, 0.6) is 0 Å². The first kappa shape index (κ1) is 12.8. The summed E-state index contributed by atoms with van der Waals surface area (Å²) in [7, 11) is -2.86. The molecular weight excluding hydrogens is 304 g/mol. The van der Waals surface area contributed by atoms with Gasteiger partial charge in [0, 0.05) is 29.7 Å². The van der Waals surface area contributed by atoms with Crippen molar-refractivity contribution in [3.05, 3.63) is 22.3 Å². The lowest BCUT2D eigenvalue weighted by Gasteiger charge is -2.40. The molecule has 17 heavy (non-hydrogen) atoms. The van der Waals surface area contributed by atoms with Crippen LogP contribution in [0.25, 0.3) is 0 Å². The third-order valence-corrected chi connectivity index (χ3v) is 4.74. The largest absolute Gasteiger partial charge is 0.356 e. The minimum Gasteiger partial charge on any atom is -0.356 e. The summed E-state index contributed by atoms with van der Waals surface area (Å²) in [4.78, 5) is 6.56. The molecule has 1 aromatic rings. The Kier molecular flexibility index (Phi) is 3.45. The quantitative estimate of drug-likeness (QED) is 0.850. The molecule has 1 aliphatic rings. The van der Waals surface area contributed by atoms with Gasteiger partial charge in [-0.25, -0.2) is 13.4 Å². The van der Waals surface area contributed by atoms with E-state index in [1.165, 1.54) is 6.26 Å². The van der Waals surface area contributed by atoms with E-state index in [0.717, 1.165) is 29.1 Å². The Morgan fingerprint density at radius 3 is 2.65 bits per heavy atom. The molecule has 0 N–H and O–H groups in total. The van der Waals surface area contributed by atoms with Crippen molar-refractivity contribution < 1.29 is 8.42 Å². The molecule has 0 saturated carbocycles. The van der Waals surface area contributed by atoms with Gasteiger partial charge in [-0.2, -0.15) is 0 Å². The van der Waals surface area contributed by atoms with Crippen molar-refractivity contribution in [1.82, 2.24) is 4.98 Å². The van der Waals surface area contributed by atoms with Crippen molar-refractivity contribution in [1.29, 1.82) is 0 Å². The molecule has 0 atom stereocenters. The molecule has 0 unspecified atom stereocenters. The summed E-state index contributed by atoms with van der Waals surface area (Å²) in [5.41, 5.74) is 0.953. The van der Waals surface area contributed by atoms with Gasteiger partial charge in [-0.15, -0.1) is 0 Å². The lowest BCUT2D eigenvalue weighted by atomic mass is 10.0. The number of hydrogen-bond donors (Lipinski definition) is 0. The molecule has 6 heteroatoms. The van der Waals surface area contributed by atoms with Gasteiger partial charge in [0.25, 0.3) is 0 Å². The van der Waals surface area contributed by atoms with Crippen LogP contribution in [0.2, 0.25) is 0 Å². The van der Waals surface area contributed by atoms with E-state index in [0.29, 0.717) is 0 Å². The molecule has 4 nitrogen and oxygen atoms in total. The average Bonchev–Trinajstić information content (AvgIpc) is 2.14. The van der Waals surface area contributed by atoms with Gasteiger partial charge in [-0.1, -0.05) is 0 Å². The van der Waals surface area contributed by atoms with Gasteiger partial charge in [0.1, 0.15) is 15.7 Å². The molecule has 0 spiro atoms. The molecule has 2 heterocycles. The van der Waals surface area contributed by atoms with Crippen LogP contribution in [0, 0.1) is 12.8 Å². The van der Waals surface area contributed by atoms with Crippen LogP contribution in [0.15, 0.2) is 16.6 Å². The Hall–Kier alpha value is -0.620. The van der Waals surface area contributed by atoms with E-state index in [1.54, 1.807) is 0 Å². The third kappa shape index (κ3) is 3.19. The standard InChI is InChI=1S/C11H15BrN2O2S/c1-8-10(12)3-4-11(13-8)14-5-9(6-14)7-17(2,15)16/h3-4,9H,5-7H2,1-2H3. The van der Waals surface area contributed by atoms with Crippen LogP contribution in [0.1, 0.15) is 5.69 Å². The molecule has 1 fully saturated rings. The predicted molar refractivity (Wildman–Crippen MR) is 72.1 cm³/mol. The van der Waals surface area contributed by atoms with Crippen molar-refractivity contribution in [2.24, 2.45) is 5.92 Å². The molecule has 0 amide bonds. The molecule has 1 saturated heterocycles. The fraction of sp³-hybridized carbons (Fsp3) is 0.545. The number of hydrogen-bond acceptors (Lipinski definition) is 4. The monoisotopic (exact) mass is 318 g/mol. The highest BCUT2D eigenvalue weighted by atomic mass is 79.9. The Morgan fingerprint density at radius 1 is 1.47 bits per heavy atom. The number of aromatic nitrogens is 1. The first-order valence-electron chi connectivity index (χ1n) is 5.41. The van der Waals surface area contributed by atoms with E-state index in [1.807, 2.05) is 19.1 Å². The highest BCUT2D eigenvalue weighted by Crippen LogP contribution is 2.26. The normalized spacial score (nSPS) is 17.0. The number of halogens is 1. The first-order chi connectivity index (χ1) is 7.85. The zero-order valence-corrected chi connectivity index (χ0v) is 12.3. The molecule has 0 aliphatic carbocycles. The van der Waals surface area contributed by atoms with Crippen molar-refractivity contribution in [3.8, 4) is 0 Å². The number of sulfone groups is 1. The summed E-state index contributed by atoms with van der Waals surface area (Å²) >= 11 is 3.41. The number of rotatable bonds is 3. The SMILES string of the molecule is Cc1nc(N2CC(CS(C)(=O)=O)C2)ccc1Br. The van der Waals surface area contributed by atoms with Crippen LogP contribution in [-0.2, 0) is 9.84 Å². The van der Waals surface area contributed by atoms with Crippen LogP contribution in [-0.4, -0.2) is 38.5 Å². The summed E-state index contributed by atoms with van der Waals surface area (Å²) in [5, 5.41) is 0. The highest BCUT2D eigenvalue weighted by Gasteiger charge is 2.30. The van der Waals surface area contributed by atoms with E-state index < -0.39 is 9.84 Å². The van der Waals surface area contributed by atoms with Gasteiger partial charge in [0.2, 0.25) is 0 Å². The molecule has 0 radical (unpaired) electrons. The van der Waals surface area contributed by atoms with Gasteiger partial charge in [0.05, 0.1) is 11.4 Å². The summed E-state index contributed by atoms with van der Waals surface area (Å²) < 4.78 is 23.3. The van der Waals surface area contributed by atoms with Crippen LogP contribution >= 0.6 is 15.9 Å². The Morgan fingerprint density at radius 2 is 2.12 bits per heavy atom. The van der Waals surface area contributed by atoms with E-state index in [9.17, 15) is 8.42 Å². The molecule has 0 aromatic carbocycles. The predicted octanol–water partition coefficient (Wildman–Crippen LogP) is 1.63. The Labute approximate surface area is 110 Å². The minimum atomic E-state index is -2.86. The molecule has 94 valence electrons. The summed E-state index contributed by atoms with van der Waals surface area (Å²) in [5.74, 6) is 1.45. The first-order valence-corrected chi connectivity index (χ1v) is 8.26.